The maximum Gasteiger partial charge on any atom is 0.110 e. The van der Waals surface area contributed by atoms with Crippen LogP contribution in [0.25, 0.3) is 11.3 Å². The molecule has 0 aliphatic carbocycles. The van der Waals surface area contributed by atoms with Crippen LogP contribution in [0.5, 0.6) is 0 Å². The molecule has 1 aromatic heterocycles. The zero-order valence-corrected chi connectivity index (χ0v) is 12.0. The summed E-state index contributed by atoms with van der Waals surface area (Å²) in [6, 6.07) is 8.34. The first-order valence-electron chi connectivity index (χ1n) is 6.92. The quantitative estimate of drug-likeness (QED) is 0.861. The molecule has 0 spiro atoms. The Morgan fingerprint density at radius 2 is 2.00 bits per heavy atom. The van der Waals surface area contributed by atoms with Crippen molar-refractivity contribution in [2.24, 2.45) is 11.7 Å². The van der Waals surface area contributed by atoms with Crippen molar-refractivity contribution in [2.45, 2.75) is 33.1 Å². The van der Waals surface area contributed by atoms with Crippen LogP contribution in [0.15, 0.2) is 30.5 Å². The molecule has 0 saturated carbocycles. The zero-order chi connectivity index (χ0) is 13.8. The average molecular weight is 257 g/mol. The first-order valence-corrected chi connectivity index (χ1v) is 6.92. The van der Waals surface area contributed by atoms with E-state index in [0.29, 0.717) is 18.4 Å². The fraction of sp³-hybridized carbons (Fsp3) is 0.438. The number of nitrogens with two attached hydrogens (primary N) is 1. The van der Waals surface area contributed by atoms with E-state index in [1.165, 1.54) is 11.1 Å². The Bertz CT molecular complexity index is 528. The first-order chi connectivity index (χ1) is 9.11. The number of nitrogens with one attached hydrogen (secondary N) is 1. The van der Waals surface area contributed by atoms with Crippen LogP contribution in [-0.2, 0) is 0 Å². The third-order valence-corrected chi connectivity index (χ3v) is 3.46. The molecule has 0 fully saturated rings. The van der Waals surface area contributed by atoms with Gasteiger partial charge in [0.25, 0.3) is 0 Å². The molecule has 1 aromatic carbocycles. The smallest absolute Gasteiger partial charge is 0.110 e. The van der Waals surface area contributed by atoms with Gasteiger partial charge in [-0.15, -0.1) is 0 Å². The van der Waals surface area contributed by atoms with Crippen LogP contribution in [0.1, 0.15) is 37.6 Å². The van der Waals surface area contributed by atoms with Gasteiger partial charge in [-0.1, -0.05) is 38.1 Å². The lowest BCUT2D eigenvalue weighted by Crippen LogP contribution is -2.16. The van der Waals surface area contributed by atoms with E-state index in [4.69, 9.17) is 5.73 Å². The summed E-state index contributed by atoms with van der Waals surface area (Å²) in [6.07, 6.45) is 2.98. The van der Waals surface area contributed by atoms with Crippen molar-refractivity contribution < 1.29 is 0 Å². The second-order valence-corrected chi connectivity index (χ2v) is 5.56. The van der Waals surface area contributed by atoms with Gasteiger partial charge >= 0.3 is 0 Å². The molecule has 102 valence electrons. The second-order valence-electron chi connectivity index (χ2n) is 5.56. The van der Waals surface area contributed by atoms with Crippen molar-refractivity contribution in [1.29, 1.82) is 0 Å². The summed E-state index contributed by atoms with van der Waals surface area (Å²) >= 11 is 0. The molecule has 2 rings (SSSR count). The fourth-order valence-corrected chi connectivity index (χ4v) is 2.44. The van der Waals surface area contributed by atoms with Crippen LogP contribution in [-0.4, -0.2) is 16.5 Å². The van der Waals surface area contributed by atoms with E-state index < -0.39 is 0 Å². The van der Waals surface area contributed by atoms with Crippen LogP contribution < -0.4 is 5.73 Å². The van der Waals surface area contributed by atoms with Gasteiger partial charge in [-0.2, -0.15) is 0 Å². The number of hydrogen-bond acceptors (Lipinski definition) is 2. The summed E-state index contributed by atoms with van der Waals surface area (Å²) in [5, 5.41) is 0. The minimum Gasteiger partial charge on any atom is -0.342 e. The Morgan fingerprint density at radius 1 is 1.26 bits per heavy atom. The van der Waals surface area contributed by atoms with Crippen molar-refractivity contribution in [3.05, 3.63) is 41.9 Å². The fourth-order valence-electron chi connectivity index (χ4n) is 2.44. The van der Waals surface area contributed by atoms with Crippen molar-refractivity contribution in [2.75, 3.05) is 6.54 Å². The molecule has 0 bridgehead atoms. The lowest BCUT2D eigenvalue weighted by atomic mass is 9.97. The standard InChI is InChI=1S/C16H23N3/c1-11(2)8-13(9-17)16-18-10-15(19-16)14-7-5-4-6-12(14)3/h4-7,10-11,13H,8-9,17H2,1-3H3,(H,18,19). The van der Waals surface area contributed by atoms with Crippen LogP contribution in [0.2, 0.25) is 0 Å². The first kappa shape index (κ1) is 13.8. The topological polar surface area (TPSA) is 54.7 Å². The maximum absolute atomic E-state index is 5.87. The summed E-state index contributed by atoms with van der Waals surface area (Å²) in [4.78, 5) is 7.96. The zero-order valence-electron chi connectivity index (χ0n) is 12.0. The van der Waals surface area contributed by atoms with Gasteiger partial charge in [0.1, 0.15) is 5.82 Å². The van der Waals surface area contributed by atoms with Gasteiger partial charge in [-0.05, 0) is 24.8 Å². The SMILES string of the molecule is Cc1ccccc1-c1cnc(C(CN)CC(C)C)[nH]1. The predicted octanol–water partition coefficient (Wildman–Crippen LogP) is 3.47. The largest absolute Gasteiger partial charge is 0.342 e. The molecule has 3 heteroatoms. The minimum atomic E-state index is 0.317. The molecule has 1 heterocycles. The lowest BCUT2D eigenvalue weighted by molar-refractivity contribution is 0.490. The average Bonchev–Trinajstić information content (AvgIpc) is 2.85. The van der Waals surface area contributed by atoms with E-state index >= 15 is 0 Å². The number of imidazole rings is 1. The van der Waals surface area contributed by atoms with Gasteiger partial charge in [0.05, 0.1) is 11.9 Å². The van der Waals surface area contributed by atoms with E-state index in [2.05, 4.69) is 55.0 Å². The second kappa shape index (κ2) is 6.02. The van der Waals surface area contributed by atoms with Crippen molar-refractivity contribution in [3.63, 3.8) is 0 Å². The van der Waals surface area contributed by atoms with Gasteiger partial charge in [0.2, 0.25) is 0 Å². The highest BCUT2D eigenvalue weighted by molar-refractivity contribution is 5.62. The summed E-state index contributed by atoms with van der Waals surface area (Å²) in [6.45, 7) is 7.19. The maximum atomic E-state index is 5.87. The van der Waals surface area contributed by atoms with Gasteiger partial charge in [-0.25, -0.2) is 4.98 Å². The number of nitrogens with zero attached hydrogens (tertiary/aromatic N) is 1. The Labute approximate surface area is 115 Å². The van der Waals surface area contributed by atoms with Crippen molar-refractivity contribution >= 4 is 0 Å². The van der Waals surface area contributed by atoms with Crippen LogP contribution in [0.3, 0.4) is 0 Å². The minimum absolute atomic E-state index is 0.317. The van der Waals surface area contributed by atoms with Gasteiger partial charge < -0.3 is 10.7 Å². The Hall–Kier alpha value is -1.61. The Kier molecular flexibility index (Phi) is 4.38. The molecule has 1 unspecified atom stereocenters. The van der Waals surface area contributed by atoms with Crippen molar-refractivity contribution in [1.82, 2.24) is 9.97 Å². The molecular weight excluding hydrogens is 234 g/mol. The lowest BCUT2D eigenvalue weighted by Gasteiger charge is -2.14. The van der Waals surface area contributed by atoms with E-state index in [9.17, 15) is 0 Å². The van der Waals surface area contributed by atoms with Gasteiger partial charge in [-0.3, -0.25) is 0 Å². The number of rotatable bonds is 5. The van der Waals surface area contributed by atoms with E-state index in [1.807, 2.05) is 6.20 Å². The highest BCUT2D eigenvalue weighted by atomic mass is 14.9. The molecule has 1 atom stereocenters. The van der Waals surface area contributed by atoms with Crippen LogP contribution in [0, 0.1) is 12.8 Å². The summed E-state index contributed by atoms with van der Waals surface area (Å²) in [5.41, 5.74) is 9.42. The molecule has 0 radical (unpaired) electrons. The Balaban J connectivity index is 2.26. The molecule has 0 aliphatic rings. The number of hydrogen-bond donors (Lipinski definition) is 2. The third-order valence-electron chi connectivity index (χ3n) is 3.46. The molecule has 19 heavy (non-hydrogen) atoms. The highest BCUT2D eigenvalue weighted by Crippen LogP contribution is 2.25. The molecule has 0 saturated heterocycles. The summed E-state index contributed by atoms with van der Waals surface area (Å²) in [5.74, 6) is 1.95. The van der Waals surface area contributed by atoms with Gasteiger partial charge in [0.15, 0.2) is 0 Å². The summed E-state index contributed by atoms with van der Waals surface area (Å²) in [7, 11) is 0. The molecule has 0 aliphatic heterocycles. The van der Waals surface area contributed by atoms with E-state index in [0.717, 1.165) is 17.9 Å². The van der Waals surface area contributed by atoms with E-state index in [-0.39, 0.29) is 0 Å². The Morgan fingerprint density at radius 3 is 2.63 bits per heavy atom. The third kappa shape index (κ3) is 3.24. The van der Waals surface area contributed by atoms with Crippen LogP contribution in [0.4, 0.5) is 0 Å². The monoisotopic (exact) mass is 257 g/mol. The van der Waals surface area contributed by atoms with Crippen molar-refractivity contribution in [3.8, 4) is 11.3 Å². The number of benzene rings is 1. The number of aryl methyl sites for hydroxylation is 1. The number of aromatic nitrogens is 2. The number of H-pyrrole nitrogens is 1. The molecule has 0 amide bonds. The molecule has 2 aromatic rings. The predicted molar refractivity (Wildman–Crippen MR) is 80.0 cm³/mol. The normalized spacial score (nSPS) is 12.9. The molecule has 3 nitrogen and oxygen atoms in total. The summed E-state index contributed by atoms with van der Waals surface area (Å²) < 4.78 is 0. The van der Waals surface area contributed by atoms with Gasteiger partial charge in [0, 0.05) is 18.0 Å². The molecule has 3 N–H and O–H groups in total. The van der Waals surface area contributed by atoms with Crippen LogP contribution >= 0.6 is 0 Å². The number of aromatic amines is 1. The molecular formula is C16H23N3. The van der Waals surface area contributed by atoms with E-state index in [1.54, 1.807) is 0 Å². The highest BCUT2D eigenvalue weighted by Gasteiger charge is 2.16.